The molecule has 1 N–H and O–H groups in total. The number of fused-ring (bicyclic) bond motifs is 1. The maximum Gasteiger partial charge on any atom is 0.283 e. The number of amides is 1. The summed E-state index contributed by atoms with van der Waals surface area (Å²) in [7, 11) is 0. The Morgan fingerprint density at radius 2 is 1.83 bits per heavy atom. The minimum atomic E-state index is -0.472. The molecule has 0 bridgehead atoms. The third-order valence-corrected chi connectivity index (χ3v) is 6.81. The maximum atomic E-state index is 12.7. The van der Waals surface area contributed by atoms with E-state index in [1.54, 1.807) is 48.5 Å². The maximum absolute atomic E-state index is 12.7. The van der Waals surface area contributed by atoms with Crippen molar-refractivity contribution in [3.05, 3.63) is 75.3 Å². The summed E-state index contributed by atoms with van der Waals surface area (Å²) in [5.74, 6) is 0.0548. The van der Waals surface area contributed by atoms with E-state index in [1.807, 2.05) is 0 Å². The SMILES string of the molecule is N=C1/C(=C\c2ccc(OCc3ccccc3[N+](=O)[O-])cc2)C(=O)N=C2SC(N3CCCCC3)=NN12. The number of para-hydroxylation sites is 1. The molecule has 1 fully saturated rings. The van der Waals surface area contributed by atoms with E-state index >= 15 is 0 Å². The molecule has 3 heterocycles. The highest BCUT2D eigenvalue weighted by molar-refractivity contribution is 8.26. The predicted molar refractivity (Wildman–Crippen MR) is 134 cm³/mol. The molecule has 3 aliphatic rings. The zero-order valence-electron chi connectivity index (χ0n) is 18.7. The number of carbonyl (C=O) groups excluding carboxylic acids is 1. The van der Waals surface area contributed by atoms with Gasteiger partial charge in [0, 0.05) is 19.2 Å². The van der Waals surface area contributed by atoms with Crippen LogP contribution >= 0.6 is 11.8 Å². The first-order chi connectivity index (χ1) is 17.0. The van der Waals surface area contributed by atoms with Gasteiger partial charge < -0.3 is 9.64 Å². The van der Waals surface area contributed by atoms with Gasteiger partial charge >= 0.3 is 0 Å². The molecule has 35 heavy (non-hydrogen) atoms. The summed E-state index contributed by atoms with van der Waals surface area (Å²) in [6.45, 7) is 1.90. The number of thioether (sulfide) groups is 1. The number of nitrogens with zero attached hydrogens (tertiary/aromatic N) is 5. The van der Waals surface area contributed by atoms with Crippen molar-refractivity contribution >= 4 is 45.6 Å². The molecule has 0 atom stereocenters. The number of hydrazone groups is 1. The number of piperidine rings is 1. The zero-order chi connectivity index (χ0) is 24.4. The predicted octanol–water partition coefficient (Wildman–Crippen LogP) is 4.24. The number of nitro benzene ring substituents is 1. The van der Waals surface area contributed by atoms with E-state index in [4.69, 9.17) is 10.1 Å². The molecule has 3 aliphatic heterocycles. The van der Waals surface area contributed by atoms with Crippen LogP contribution in [0.4, 0.5) is 5.69 Å². The van der Waals surface area contributed by atoms with E-state index in [0.717, 1.165) is 31.1 Å². The Hall–Kier alpha value is -3.99. The number of hydrogen-bond donors (Lipinski definition) is 1. The van der Waals surface area contributed by atoms with Crippen LogP contribution in [0, 0.1) is 15.5 Å². The number of rotatable bonds is 5. The van der Waals surface area contributed by atoms with E-state index in [0.29, 0.717) is 22.0 Å². The first-order valence-electron chi connectivity index (χ1n) is 11.2. The summed E-state index contributed by atoms with van der Waals surface area (Å²) in [6, 6.07) is 13.4. The molecule has 0 saturated carbocycles. The van der Waals surface area contributed by atoms with E-state index in [1.165, 1.54) is 29.3 Å². The number of likely N-dealkylation sites (tertiary alicyclic amines) is 1. The summed E-state index contributed by atoms with van der Waals surface area (Å²) in [5, 5.41) is 26.9. The van der Waals surface area contributed by atoms with E-state index in [2.05, 4.69) is 15.0 Å². The Morgan fingerprint density at radius 1 is 1.09 bits per heavy atom. The lowest BCUT2D eigenvalue weighted by Crippen LogP contribution is -2.35. The molecular weight excluding hydrogens is 468 g/mol. The van der Waals surface area contributed by atoms with Gasteiger partial charge in [-0.25, -0.2) is 0 Å². The lowest BCUT2D eigenvalue weighted by atomic mass is 10.1. The quantitative estimate of drug-likeness (QED) is 0.378. The smallest absolute Gasteiger partial charge is 0.283 e. The second-order valence-corrected chi connectivity index (χ2v) is 9.13. The molecule has 11 heteroatoms. The lowest BCUT2D eigenvalue weighted by molar-refractivity contribution is -0.385. The van der Waals surface area contributed by atoms with Crippen molar-refractivity contribution in [2.45, 2.75) is 25.9 Å². The Labute approximate surface area is 205 Å². The standard InChI is InChI=1S/C24H22N6O4S/c25-21-19(22(31)26-23-29(21)27-24(35-23)28-12-4-1-5-13-28)14-16-8-10-18(11-9-16)34-15-17-6-2-3-7-20(17)30(32)33/h2-3,6-11,14,25H,1,4-5,12-13,15H2/b19-14+,25-21?. The van der Waals surface area contributed by atoms with Crippen molar-refractivity contribution < 1.29 is 14.5 Å². The van der Waals surface area contributed by atoms with E-state index in [-0.39, 0.29) is 23.7 Å². The van der Waals surface area contributed by atoms with Gasteiger partial charge in [-0.15, -0.1) is 5.10 Å². The second kappa shape index (κ2) is 9.71. The number of aliphatic imine (C=N–C) groups is 1. The van der Waals surface area contributed by atoms with Crippen LogP contribution in [0.25, 0.3) is 6.08 Å². The first kappa shape index (κ1) is 22.8. The van der Waals surface area contributed by atoms with Crippen LogP contribution in [-0.4, -0.2) is 50.0 Å². The molecule has 1 saturated heterocycles. The fourth-order valence-electron chi connectivity index (χ4n) is 3.99. The number of nitrogens with one attached hydrogen (secondary N) is 1. The van der Waals surface area contributed by atoms with Gasteiger partial charge in [-0.3, -0.25) is 20.3 Å². The Bertz CT molecular complexity index is 1280. The molecule has 1 amide bonds. The molecule has 0 aromatic heterocycles. The Balaban J connectivity index is 1.28. The van der Waals surface area contributed by atoms with E-state index < -0.39 is 10.8 Å². The fourth-order valence-corrected chi connectivity index (χ4v) is 4.94. The highest BCUT2D eigenvalue weighted by Crippen LogP contribution is 2.31. The highest BCUT2D eigenvalue weighted by Gasteiger charge is 2.37. The molecule has 2 aromatic rings. The number of carbonyl (C=O) groups is 1. The van der Waals surface area contributed by atoms with E-state index in [9.17, 15) is 14.9 Å². The Kier molecular flexibility index (Phi) is 6.32. The van der Waals surface area contributed by atoms with Gasteiger partial charge in [-0.2, -0.15) is 10.0 Å². The van der Waals surface area contributed by atoms with Gasteiger partial charge in [0.1, 0.15) is 12.4 Å². The fraction of sp³-hybridized carbons (Fsp3) is 0.250. The third kappa shape index (κ3) is 4.80. The summed E-state index contributed by atoms with van der Waals surface area (Å²) < 4.78 is 5.71. The number of ether oxygens (including phenoxy) is 1. The summed E-state index contributed by atoms with van der Waals surface area (Å²) in [5.41, 5.74) is 1.34. The number of nitro groups is 1. The van der Waals surface area contributed by atoms with Crippen LogP contribution in [0.15, 0.2) is 64.2 Å². The molecular formula is C24H22N6O4S. The van der Waals surface area contributed by atoms with Crippen LogP contribution in [0.3, 0.4) is 0 Å². The van der Waals surface area contributed by atoms with Crippen LogP contribution in [0.2, 0.25) is 0 Å². The van der Waals surface area contributed by atoms with Crippen molar-refractivity contribution in [1.82, 2.24) is 9.91 Å². The number of benzene rings is 2. The largest absolute Gasteiger partial charge is 0.489 e. The monoisotopic (exact) mass is 490 g/mol. The molecule has 178 valence electrons. The molecule has 0 unspecified atom stereocenters. The molecule has 0 spiro atoms. The molecule has 0 radical (unpaired) electrons. The first-order valence-corrected chi connectivity index (χ1v) is 12.0. The topological polar surface area (TPSA) is 124 Å². The third-order valence-electron chi connectivity index (χ3n) is 5.84. The van der Waals surface area contributed by atoms with Crippen molar-refractivity contribution in [3.8, 4) is 5.75 Å². The van der Waals surface area contributed by atoms with Gasteiger partial charge in [-0.1, -0.05) is 24.3 Å². The average molecular weight is 491 g/mol. The number of amidine groups is 3. The minimum Gasteiger partial charge on any atom is -0.489 e. The summed E-state index contributed by atoms with van der Waals surface area (Å²) >= 11 is 1.33. The summed E-state index contributed by atoms with van der Waals surface area (Å²) in [6.07, 6.45) is 5.03. The van der Waals surface area contributed by atoms with Crippen molar-refractivity contribution in [2.75, 3.05) is 13.1 Å². The van der Waals surface area contributed by atoms with Gasteiger partial charge in [0.15, 0.2) is 11.0 Å². The molecule has 2 aromatic carbocycles. The lowest BCUT2D eigenvalue weighted by Gasteiger charge is -2.26. The number of hydrogen-bond acceptors (Lipinski definition) is 8. The van der Waals surface area contributed by atoms with Gasteiger partial charge in [-0.05, 0) is 60.9 Å². The van der Waals surface area contributed by atoms with Crippen molar-refractivity contribution in [1.29, 1.82) is 5.41 Å². The molecule has 10 nitrogen and oxygen atoms in total. The van der Waals surface area contributed by atoms with Crippen LogP contribution in [0.5, 0.6) is 5.75 Å². The van der Waals surface area contributed by atoms with Gasteiger partial charge in [0.2, 0.25) is 5.17 Å². The second-order valence-electron chi connectivity index (χ2n) is 8.19. The van der Waals surface area contributed by atoms with Crippen molar-refractivity contribution in [2.24, 2.45) is 10.1 Å². The normalized spacial score (nSPS) is 18.9. The average Bonchev–Trinajstić information content (AvgIpc) is 3.31. The Morgan fingerprint density at radius 3 is 2.57 bits per heavy atom. The van der Waals surface area contributed by atoms with Gasteiger partial charge in [0.05, 0.1) is 16.1 Å². The van der Waals surface area contributed by atoms with Crippen LogP contribution < -0.4 is 4.74 Å². The molecule has 0 aliphatic carbocycles. The summed E-state index contributed by atoms with van der Waals surface area (Å²) in [4.78, 5) is 29.7. The minimum absolute atomic E-state index is 0.00350. The van der Waals surface area contributed by atoms with Crippen molar-refractivity contribution in [3.63, 3.8) is 0 Å². The van der Waals surface area contributed by atoms with Crippen LogP contribution in [-0.2, 0) is 11.4 Å². The molecule has 5 rings (SSSR count). The van der Waals surface area contributed by atoms with Gasteiger partial charge in [0.25, 0.3) is 11.6 Å². The van der Waals surface area contributed by atoms with Crippen LogP contribution in [0.1, 0.15) is 30.4 Å². The highest BCUT2D eigenvalue weighted by atomic mass is 32.2. The zero-order valence-corrected chi connectivity index (χ0v) is 19.5.